The van der Waals surface area contributed by atoms with Crippen LogP contribution in [0, 0.1) is 5.82 Å². The molecule has 2 fully saturated rings. The molecule has 38 heavy (non-hydrogen) atoms. The van der Waals surface area contributed by atoms with Gasteiger partial charge in [0.1, 0.15) is 28.4 Å². The molecule has 6 rings (SSSR count). The summed E-state index contributed by atoms with van der Waals surface area (Å²) in [6, 6.07) is 7.30. The number of ether oxygens (including phenoxy) is 1. The summed E-state index contributed by atoms with van der Waals surface area (Å²) in [5.74, 6) is -2.22. The zero-order valence-electron chi connectivity index (χ0n) is 20.1. The van der Waals surface area contributed by atoms with Crippen LogP contribution in [-0.2, 0) is 27.2 Å². The number of hydrogen-bond acceptors (Lipinski definition) is 7. The molecular formula is C25H20FN5O7. The summed E-state index contributed by atoms with van der Waals surface area (Å²) in [6.07, 6.45) is 0. The van der Waals surface area contributed by atoms with Gasteiger partial charge in [-0.15, -0.1) is 0 Å². The first-order chi connectivity index (χ1) is 18.0. The fourth-order valence-corrected chi connectivity index (χ4v) is 5.12. The molecule has 4 heterocycles. The first-order valence-corrected chi connectivity index (χ1v) is 11.5. The van der Waals surface area contributed by atoms with Crippen molar-refractivity contribution < 1.29 is 37.5 Å². The Kier molecular flexibility index (Phi) is 4.80. The number of imide groups is 2. The third kappa shape index (κ3) is 3.24. The van der Waals surface area contributed by atoms with Gasteiger partial charge in [0.05, 0.1) is 13.7 Å². The van der Waals surface area contributed by atoms with Crippen molar-refractivity contribution in [2.24, 2.45) is 0 Å². The van der Waals surface area contributed by atoms with Gasteiger partial charge in [-0.2, -0.15) is 0 Å². The number of nitrogens with zero attached hydrogens (tertiary/aromatic N) is 1. The lowest BCUT2D eigenvalue weighted by Crippen LogP contribution is -2.52. The lowest BCUT2D eigenvalue weighted by atomic mass is 9.90. The molecule has 0 aliphatic carbocycles. The number of amides is 7. The minimum absolute atomic E-state index is 0.0312. The number of fused-ring (bicyclic) bond motifs is 2. The van der Waals surface area contributed by atoms with Gasteiger partial charge in [0.2, 0.25) is 0 Å². The minimum atomic E-state index is -1.81. The molecule has 3 aromatic rings. The molecule has 13 heteroatoms. The van der Waals surface area contributed by atoms with Gasteiger partial charge in [-0.1, -0.05) is 6.07 Å². The van der Waals surface area contributed by atoms with E-state index in [2.05, 4.69) is 21.3 Å². The summed E-state index contributed by atoms with van der Waals surface area (Å²) >= 11 is 0. The van der Waals surface area contributed by atoms with E-state index in [4.69, 9.17) is 9.15 Å². The van der Waals surface area contributed by atoms with Crippen LogP contribution in [0.15, 0.2) is 40.8 Å². The standard InChI is InChI=1S/C25H20FN5O7/c1-24(20(33)27-22(35)29-24)15-5-12-6-18(38-17(12)8-16(15)26)25(21(34)28-23(36)30-25)10-31-9-11-3-4-13(37-2)7-14(11)19(31)32/h3-8H,9-10H2,1-2H3,(H2,27,29,33,35)(H2,28,30,34,36)/t24?,25-/m0/s1. The maximum Gasteiger partial charge on any atom is 0.322 e. The molecule has 0 saturated carbocycles. The molecule has 4 N–H and O–H groups in total. The van der Waals surface area contributed by atoms with Gasteiger partial charge in [0.15, 0.2) is 5.54 Å². The number of rotatable bonds is 5. The quantitative estimate of drug-likeness (QED) is 0.369. The Balaban J connectivity index is 1.41. The van der Waals surface area contributed by atoms with Crippen molar-refractivity contribution in [1.82, 2.24) is 26.2 Å². The van der Waals surface area contributed by atoms with Crippen LogP contribution in [0.2, 0.25) is 0 Å². The number of furan rings is 1. The highest BCUT2D eigenvalue weighted by atomic mass is 19.1. The van der Waals surface area contributed by atoms with Gasteiger partial charge in [-0.25, -0.2) is 14.0 Å². The van der Waals surface area contributed by atoms with E-state index < -0.39 is 40.8 Å². The number of hydrogen-bond donors (Lipinski definition) is 4. The number of methoxy groups -OCH3 is 1. The number of urea groups is 2. The molecule has 12 nitrogen and oxygen atoms in total. The summed E-state index contributed by atoms with van der Waals surface area (Å²) in [4.78, 5) is 64.1. The fourth-order valence-electron chi connectivity index (χ4n) is 5.12. The van der Waals surface area contributed by atoms with E-state index in [-0.39, 0.29) is 35.9 Å². The van der Waals surface area contributed by atoms with Gasteiger partial charge >= 0.3 is 12.1 Å². The number of benzene rings is 2. The van der Waals surface area contributed by atoms with E-state index in [0.29, 0.717) is 16.7 Å². The van der Waals surface area contributed by atoms with Gasteiger partial charge in [0, 0.05) is 29.1 Å². The Morgan fingerprint density at radius 2 is 1.74 bits per heavy atom. The molecule has 0 bridgehead atoms. The molecule has 2 atom stereocenters. The maximum atomic E-state index is 15.1. The number of carbonyl (C=O) groups excluding carboxylic acids is 5. The summed E-state index contributed by atoms with van der Waals surface area (Å²) in [5, 5.41) is 9.55. The van der Waals surface area contributed by atoms with Gasteiger partial charge in [-0.3, -0.25) is 25.0 Å². The Labute approximate surface area is 213 Å². The molecular weight excluding hydrogens is 501 g/mol. The van der Waals surface area contributed by atoms with E-state index in [1.807, 2.05) is 0 Å². The van der Waals surface area contributed by atoms with Crippen molar-refractivity contribution in [3.63, 3.8) is 0 Å². The van der Waals surface area contributed by atoms with Crippen LogP contribution in [0.25, 0.3) is 11.0 Å². The lowest BCUT2D eigenvalue weighted by molar-refractivity contribution is -0.125. The second-order valence-corrected chi connectivity index (χ2v) is 9.51. The molecule has 1 unspecified atom stereocenters. The second kappa shape index (κ2) is 7.78. The smallest absolute Gasteiger partial charge is 0.322 e. The van der Waals surface area contributed by atoms with Gasteiger partial charge in [0.25, 0.3) is 17.7 Å². The topological polar surface area (TPSA) is 159 Å². The molecule has 1 aromatic heterocycles. The Morgan fingerprint density at radius 3 is 2.39 bits per heavy atom. The summed E-state index contributed by atoms with van der Waals surface area (Å²) < 4.78 is 26.2. The second-order valence-electron chi connectivity index (χ2n) is 9.51. The maximum absolute atomic E-state index is 15.1. The van der Waals surface area contributed by atoms with E-state index in [0.717, 1.165) is 11.6 Å². The number of carbonyl (C=O) groups is 5. The molecule has 0 radical (unpaired) electrons. The predicted octanol–water partition coefficient (Wildman–Crippen LogP) is 1.33. The lowest BCUT2D eigenvalue weighted by Gasteiger charge is -2.29. The Hall–Kier alpha value is -4.94. The van der Waals surface area contributed by atoms with Crippen LogP contribution < -0.4 is 26.0 Å². The SMILES string of the molecule is COc1ccc2c(c1)C(=O)N(C[C@@]1(c3cc4cc(C5(C)NC(=O)NC5=O)c(F)cc4o3)NC(=O)NC1=O)C2. The van der Waals surface area contributed by atoms with E-state index in [1.54, 1.807) is 18.2 Å². The van der Waals surface area contributed by atoms with Crippen molar-refractivity contribution in [3.05, 3.63) is 64.7 Å². The van der Waals surface area contributed by atoms with Crippen molar-refractivity contribution in [3.8, 4) is 5.75 Å². The van der Waals surface area contributed by atoms with Crippen molar-refractivity contribution in [2.45, 2.75) is 24.5 Å². The van der Waals surface area contributed by atoms with Crippen molar-refractivity contribution in [1.29, 1.82) is 0 Å². The molecule has 3 aliphatic heterocycles. The minimum Gasteiger partial charge on any atom is -0.497 e. The largest absolute Gasteiger partial charge is 0.497 e. The highest BCUT2D eigenvalue weighted by Gasteiger charge is 2.53. The average molecular weight is 521 g/mol. The number of halogens is 1. The van der Waals surface area contributed by atoms with Crippen molar-refractivity contribution in [2.75, 3.05) is 13.7 Å². The van der Waals surface area contributed by atoms with Crippen molar-refractivity contribution >= 4 is 40.8 Å². The molecule has 2 aromatic carbocycles. The highest BCUT2D eigenvalue weighted by molar-refractivity contribution is 6.09. The van der Waals surface area contributed by atoms with Crippen LogP contribution in [0.4, 0.5) is 14.0 Å². The average Bonchev–Trinajstić information content (AvgIpc) is 3.57. The summed E-state index contributed by atoms with van der Waals surface area (Å²) in [5.41, 5.74) is -2.43. The zero-order valence-corrected chi connectivity index (χ0v) is 20.1. The molecule has 194 valence electrons. The van der Waals surface area contributed by atoms with Crippen LogP contribution in [-0.4, -0.2) is 48.3 Å². The normalized spacial score (nSPS) is 24.4. The zero-order chi connectivity index (χ0) is 27.0. The summed E-state index contributed by atoms with van der Waals surface area (Å²) in [7, 11) is 1.48. The third-order valence-electron chi connectivity index (χ3n) is 7.18. The monoisotopic (exact) mass is 521 g/mol. The van der Waals surface area contributed by atoms with E-state index in [1.165, 1.54) is 31.1 Å². The van der Waals surface area contributed by atoms with E-state index >= 15 is 4.39 Å². The number of nitrogens with one attached hydrogen (secondary N) is 4. The van der Waals surface area contributed by atoms with Crippen LogP contribution in [0.5, 0.6) is 5.75 Å². The summed E-state index contributed by atoms with van der Waals surface area (Å²) in [6.45, 7) is 1.26. The van der Waals surface area contributed by atoms with Crippen LogP contribution in [0.3, 0.4) is 0 Å². The molecule has 7 amide bonds. The van der Waals surface area contributed by atoms with Gasteiger partial charge < -0.3 is 24.7 Å². The highest BCUT2D eigenvalue weighted by Crippen LogP contribution is 2.37. The van der Waals surface area contributed by atoms with E-state index in [9.17, 15) is 24.0 Å². The Morgan fingerprint density at radius 1 is 1.00 bits per heavy atom. The van der Waals surface area contributed by atoms with Crippen LogP contribution >= 0.6 is 0 Å². The Bertz CT molecular complexity index is 1620. The fraction of sp³-hybridized carbons (Fsp3) is 0.240. The van der Waals surface area contributed by atoms with Gasteiger partial charge in [-0.05, 0) is 36.8 Å². The molecule has 2 saturated heterocycles. The molecule has 0 spiro atoms. The van der Waals surface area contributed by atoms with Crippen LogP contribution in [0.1, 0.15) is 34.2 Å². The molecule has 3 aliphatic rings. The first-order valence-electron chi connectivity index (χ1n) is 11.5. The first kappa shape index (κ1) is 23.5. The third-order valence-corrected chi connectivity index (χ3v) is 7.18. The predicted molar refractivity (Wildman–Crippen MR) is 126 cm³/mol.